The van der Waals surface area contributed by atoms with Gasteiger partial charge in [0, 0.05) is 37.2 Å². The van der Waals surface area contributed by atoms with Crippen molar-refractivity contribution in [1.82, 2.24) is 0 Å². The summed E-state index contributed by atoms with van der Waals surface area (Å²) in [5, 5.41) is 5.84. The zero-order chi connectivity index (χ0) is 24.0. The van der Waals surface area contributed by atoms with Crippen LogP contribution in [0.25, 0.3) is 20.2 Å². The van der Waals surface area contributed by atoms with Crippen LogP contribution in [0.15, 0.2) is 109 Å². The van der Waals surface area contributed by atoms with Gasteiger partial charge in [-0.3, -0.25) is 0 Å². The largest absolute Gasteiger partial charge is 0.312 e. The Morgan fingerprint density at radius 3 is 2.22 bits per heavy atom. The number of anilines is 3. The maximum absolute atomic E-state index is 2.52. The van der Waals surface area contributed by atoms with E-state index < -0.39 is 8.07 Å². The van der Waals surface area contributed by atoms with Gasteiger partial charge in [-0.25, -0.2) is 0 Å². The van der Waals surface area contributed by atoms with Crippen molar-refractivity contribution in [2.45, 2.75) is 13.1 Å². The molecule has 0 N–H and O–H groups in total. The molecule has 3 heterocycles. The van der Waals surface area contributed by atoms with E-state index in [1.54, 1.807) is 10.4 Å². The van der Waals surface area contributed by atoms with Crippen LogP contribution in [0, 0.1) is 0 Å². The SMILES string of the molecule is C[Si]1(C)c2ccccc2B2c3ccccc3N(c3ccc4sc5ccccc5c4c3)c3cccc1c32. The second-order valence-electron chi connectivity index (χ2n) is 10.6. The standard InChI is InChI=1S/C32H24BNSSi/c1-36(2)30-16-8-5-12-25(30)33-24-11-4-6-13-26(24)34(27-14-9-17-31(36)32(27)33)21-18-19-29-23(20-21)22-10-3-7-15-28(22)35-29/h3-20H,1-2H3. The number of hydrogen-bond acceptors (Lipinski definition) is 2. The van der Waals surface area contributed by atoms with E-state index in [4.69, 9.17) is 0 Å². The zero-order valence-electron chi connectivity index (χ0n) is 20.3. The van der Waals surface area contributed by atoms with Crippen molar-refractivity contribution < 1.29 is 0 Å². The topological polar surface area (TPSA) is 3.24 Å². The quantitative estimate of drug-likeness (QED) is 0.274. The van der Waals surface area contributed by atoms with E-state index in [-0.39, 0.29) is 6.71 Å². The van der Waals surface area contributed by atoms with Gasteiger partial charge >= 0.3 is 0 Å². The zero-order valence-corrected chi connectivity index (χ0v) is 22.1. The van der Waals surface area contributed by atoms with E-state index in [0.29, 0.717) is 0 Å². The summed E-state index contributed by atoms with van der Waals surface area (Å²) < 4.78 is 2.70. The van der Waals surface area contributed by atoms with Gasteiger partial charge in [0.1, 0.15) is 8.07 Å². The fourth-order valence-electron chi connectivity index (χ4n) is 6.73. The Kier molecular flexibility index (Phi) is 4.13. The van der Waals surface area contributed by atoms with Crippen LogP contribution in [0.3, 0.4) is 0 Å². The molecule has 0 saturated heterocycles. The summed E-state index contributed by atoms with van der Waals surface area (Å²) >= 11 is 1.88. The summed E-state index contributed by atoms with van der Waals surface area (Å²) in [5.41, 5.74) is 8.29. The molecule has 0 bridgehead atoms. The first-order valence-corrected chi connectivity index (χ1v) is 16.5. The van der Waals surface area contributed by atoms with Gasteiger partial charge in [-0.15, -0.1) is 11.3 Å². The van der Waals surface area contributed by atoms with Gasteiger partial charge in [-0.2, -0.15) is 0 Å². The molecule has 1 aromatic heterocycles. The normalized spacial score (nSPS) is 15.1. The van der Waals surface area contributed by atoms with Gasteiger partial charge < -0.3 is 4.90 Å². The lowest BCUT2D eigenvalue weighted by Crippen LogP contribution is -2.77. The predicted molar refractivity (Wildman–Crippen MR) is 162 cm³/mol. The fourth-order valence-corrected chi connectivity index (χ4v) is 11.0. The molecule has 0 spiro atoms. The van der Waals surface area contributed by atoms with Gasteiger partial charge in [0.25, 0.3) is 0 Å². The van der Waals surface area contributed by atoms with Gasteiger partial charge in [-0.1, -0.05) is 102 Å². The van der Waals surface area contributed by atoms with Crippen LogP contribution in [-0.4, -0.2) is 14.8 Å². The van der Waals surface area contributed by atoms with Crippen LogP contribution < -0.4 is 31.7 Å². The van der Waals surface area contributed by atoms with Gasteiger partial charge in [0.2, 0.25) is 6.71 Å². The van der Waals surface area contributed by atoms with Crippen LogP contribution >= 0.6 is 11.3 Å². The van der Waals surface area contributed by atoms with E-state index in [1.165, 1.54) is 53.6 Å². The molecule has 170 valence electrons. The molecular formula is C32H24BNSSi. The number of benzene rings is 5. The molecule has 6 aromatic rings. The smallest absolute Gasteiger partial charge is 0.246 e. The van der Waals surface area contributed by atoms with Gasteiger partial charge in [0.05, 0.1) is 0 Å². The minimum Gasteiger partial charge on any atom is -0.312 e. The van der Waals surface area contributed by atoms with Gasteiger partial charge in [0.15, 0.2) is 0 Å². The minimum atomic E-state index is -1.83. The van der Waals surface area contributed by atoms with Crippen molar-refractivity contribution in [2.75, 3.05) is 4.90 Å². The molecule has 4 heteroatoms. The summed E-state index contributed by atoms with van der Waals surface area (Å²) in [6, 6.07) is 41.1. The highest BCUT2D eigenvalue weighted by Gasteiger charge is 2.46. The lowest BCUT2D eigenvalue weighted by molar-refractivity contribution is 1.30. The second kappa shape index (κ2) is 7.22. The Bertz CT molecular complexity index is 1850. The third-order valence-corrected chi connectivity index (χ3v) is 13.1. The molecule has 0 radical (unpaired) electrons. The monoisotopic (exact) mass is 493 g/mol. The second-order valence-corrected chi connectivity index (χ2v) is 16.0. The third kappa shape index (κ3) is 2.61. The molecule has 0 amide bonds. The first-order valence-electron chi connectivity index (χ1n) is 12.7. The number of rotatable bonds is 1. The summed E-state index contributed by atoms with van der Waals surface area (Å²) in [7, 11) is -1.83. The van der Waals surface area contributed by atoms with Crippen molar-refractivity contribution >= 4 is 90.1 Å². The van der Waals surface area contributed by atoms with E-state index in [1.807, 2.05) is 11.3 Å². The first-order chi connectivity index (χ1) is 17.6. The average molecular weight is 494 g/mol. The molecule has 0 aliphatic carbocycles. The van der Waals surface area contributed by atoms with Crippen molar-refractivity contribution in [3.8, 4) is 0 Å². The molecule has 0 fully saturated rings. The average Bonchev–Trinajstić information content (AvgIpc) is 3.29. The molecule has 2 aliphatic rings. The van der Waals surface area contributed by atoms with Crippen molar-refractivity contribution in [2.24, 2.45) is 0 Å². The van der Waals surface area contributed by atoms with E-state index in [0.717, 1.165) is 0 Å². The molecule has 2 aliphatic heterocycles. The summed E-state index contributed by atoms with van der Waals surface area (Å²) in [6.07, 6.45) is 0. The Hall–Kier alpha value is -3.60. The number of nitrogens with zero attached hydrogens (tertiary/aromatic N) is 1. The highest BCUT2D eigenvalue weighted by Crippen LogP contribution is 2.41. The van der Waals surface area contributed by atoms with Crippen LogP contribution in [0.5, 0.6) is 0 Å². The van der Waals surface area contributed by atoms with Crippen molar-refractivity contribution in [3.63, 3.8) is 0 Å². The minimum absolute atomic E-state index is 0.283. The predicted octanol–water partition coefficient (Wildman–Crippen LogP) is 5.49. The summed E-state index contributed by atoms with van der Waals surface area (Å²) in [6.45, 7) is 5.32. The summed E-state index contributed by atoms with van der Waals surface area (Å²) in [4.78, 5) is 2.52. The molecule has 5 aromatic carbocycles. The van der Waals surface area contributed by atoms with Crippen LogP contribution in [0.4, 0.5) is 17.1 Å². The Morgan fingerprint density at radius 2 is 1.31 bits per heavy atom. The lowest BCUT2D eigenvalue weighted by atomic mass is 9.35. The van der Waals surface area contributed by atoms with Crippen molar-refractivity contribution in [3.05, 3.63) is 109 Å². The Morgan fingerprint density at radius 1 is 0.611 bits per heavy atom. The third-order valence-electron chi connectivity index (χ3n) is 8.34. The molecule has 0 saturated carbocycles. The van der Waals surface area contributed by atoms with Crippen LogP contribution in [0.1, 0.15) is 0 Å². The number of hydrogen-bond donors (Lipinski definition) is 0. The first kappa shape index (κ1) is 20.6. The van der Waals surface area contributed by atoms with Crippen LogP contribution in [-0.2, 0) is 0 Å². The number of para-hydroxylation sites is 1. The highest BCUT2D eigenvalue weighted by molar-refractivity contribution is 7.25. The maximum atomic E-state index is 2.52. The van der Waals surface area contributed by atoms with E-state index in [9.17, 15) is 0 Å². The summed E-state index contributed by atoms with van der Waals surface area (Å²) in [5.74, 6) is 0. The fraction of sp³-hybridized carbons (Fsp3) is 0.0625. The Labute approximate surface area is 216 Å². The molecule has 0 unspecified atom stereocenters. The molecule has 0 atom stereocenters. The maximum Gasteiger partial charge on any atom is 0.246 e. The van der Waals surface area contributed by atoms with Gasteiger partial charge in [-0.05, 0) is 47.3 Å². The molecule has 36 heavy (non-hydrogen) atoms. The lowest BCUT2D eigenvalue weighted by Gasteiger charge is -2.44. The van der Waals surface area contributed by atoms with E-state index in [2.05, 4.69) is 127 Å². The molecule has 8 rings (SSSR count). The molecular weight excluding hydrogens is 469 g/mol. The van der Waals surface area contributed by atoms with Crippen LogP contribution in [0.2, 0.25) is 13.1 Å². The number of thiophene rings is 1. The highest BCUT2D eigenvalue weighted by atomic mass is 32.1. The number of fused-ring (bicyclic) bond motifs is 7. The van der Waals surface area contributed by atoms with E-state index >= 15 is 0 Å². The Balaban J connectivity index is 1.45. The van der Waals surface area contributed by atoms with Crippen molar-refractivity contribution in [1.29, 1.82) is 0 Å². The molecule has 1 nitrogen and oxygen atoms in total.